The number of esters is 2. The van der Waals surface area contributed by atoms with Crippen molar-refractivity contribution in [3.63, 3.8) is 0 Å². The number of carbonyl (C=O) groups excluding carboxylic acids is 6. The van der Waals surface area contributed by atoms with Crippen LogP contribution >= 0.6 is 22.7 Å². The first kappa shape index (κ1) is 44.2. The van der Waals surface area contributed by atoms with Crippen molar-refractivity contribution in [3.8, 4) is 0 Å². The van der Waals surface area contributed by atoms with Crippen LogP contribution in [-0.4, -0.2) is 45.0 Å². The summed E-state index contributed by atoms with van der Waals surface area (Å²) in [5.41, 5.74) is -2.17. The number of ketones is 4. The second-order valence-corrected chi connectivity index (χ2v) is 17.9. The monoisotopic (exact) mass is 960 g/mol. The fraction of sp³-hybridized carbons (Fsp3) is 0.120. The van der Waals surface area contributed by atoms with Gasteiger partial charge < -0.3 is 9.47 Å². The normalized spacial score (nSPS) is 18.4. The number of benzene rings is 4. The second kappa shape index (κ2) is 16.6. The Bertz CT molecular complexity index is 3120. The van der Waals surface area contributed by atoms with Crippen LogP contribution in [0.1, 0.15) is 97.1 Å². The predicted molar refractivity (Wildman–Crippen MR) is 235 cm³/mol. The molecule has 10 rings (SSSR count). The molecule has 338 valence electrons. The molecule has 4 aromatic carbocycles. The summed E-state index contributed by atoms with van der Waals surface area (Å²) < 4.78 is 93.1. The maximum Gasteiger partial charge on any atom is 0.416 e. The molecule has 6 aromatic rings. The van der Waals surface area contributed by atoms with E-state index in [1.54, 1.807) is 72.8 Å². The molecule has 4 aliphatic rings. The number of Topliss-reactive ketones (excluding diaryl/α,β-unsaturated/α-hetero) is 4. The Morgan fingerprint density at radius 1 is 0.529 bits per heavy atom. The molecule has 0 spiro atoms. The number of hydrogen-bond donors (Lipinski definition) is 0. The fourth-order valence-electron chi connectivity index (χ4n) is 8.35. The number of halogens is 6. The summed E-state index contributed by atoms with van der Waals surface area (Å²) in [7, 11) is 0. The SMILES string of the molecule is O=C(OCc1ccccc1)C1=CC2c3sc(/C=C4\C(=O)C(=O)c5cc(C(F)(F)F)ccc54)nc3C(C(=O)OCc3ccccc3)=CC2c2sc(/C=C3\C(=O)C(=O)c4cc(C(F)(F)F)ccc43)nc21. The van der Waals surface area contributed by atoms with Gasteiger partial charge in [-0.1, -0.05) is 84.9 Å². The van der Waals surface area contributed by atoms with Gasteiger partial charge in [0, 0.05) is 43.9 Å². The lowest BCUT2D eigenvalue weighted by atomic mass is 9.76. The summed E-state index contributed by atoms with van der Waals surface area (Å²) in [6, 6.07) is 22.4. The van der Waals surface area contributed by atoms with Crippen molar-refractivity contribution in [1.29, 1.82) is 0 Å². The highest BCUT2D eigenvalue weighted by atomic mass is 32.1. The van der Waals surface area contributed by atoms with Crippen molar-refractivity contribution in [3.05, 3.63) is 185 Å². The van der Waals surface area contributed by atoms with Gasteiger partial charge in [0.2, 0.25) is 23.1 Å². The lowest BCUT2D eigenvalue weighted by Crippen LogP contribution is -2.23. The zero-order valence-electron chi connectivity index (χ0n) is 34.4. The Balaban J connectivity index is 1.10. The van der Waals surface area contributed by atoms with Gasteiger partial charge in [0.05, 0.1) is 33.7 Å². The number of rotatable bonds is 8. The minimum atomic E-state index is -4.79. The minimum absolute atomic E-state index is 0.0316. The van der Waals surface area contributed by atoms with Crippen molar-refractivity contribution in [1.82, 2.24) is 9.97 Å². The molecule has 10 nitrogen and oxygen atoms in total. The van der Waals surface area contributed by atoms with E-state index >= 15 is 0 Å². The minimum Gasteiger partial charge on any atom is -0.457 e. The zero-order chi connectivity index (χ0) is 47.8. The molecule has 0 N–H and O–H groups in total. The molecule has 0 fully saturated rings. The molecule has 0 saturated heterocycles. The standard InChI is InChI=1S/C50H26F6N2O8S2/c51-49(52,53)25-11-13-27-29(15-25)41(59)43(61)31(27)19-37-57-39-35(47(63)65-21-23-7-3-1-4-8-23)17-33-34(45(39)67-37)18-36(48(64)66-22-24-9-5-2-6-10-24)40-46(33)68-38(58-40)20-32-28-14-12-26(50(54,55)56)16-30(28)42(60)44(32)62/h1-20,33-34H,21-22H2/b31-19-,32-20-. The summed E-state index contributed by atoms with van der Waals surface area (Å²) >= 11 is 1.98. The van der Waals surface area contributed by atoms with E-state index in [4.69, 9.17) is 19.4 Å². The third-order valence-electron chi connectivity index (χ3n) is 11.6. The molecular formula is C50H26F6N2O8S2. The van der Waals surface area contributed by atoms with Crippen LogP contribution in [0.4, 0.5) is 26.3 Å². The Hall–Kier alpha value is -7.70. The summed E-state index contributed by atoms with van der Waals surface area (Å²) in [6.45, 7) is -0.289. The smallest absolute Gasteiger partial charge is 0.416 e. The maximum atomic E-state index is 14.2. The number of carbonyl (C=O) groups is 6. The lowest BCUT2D eigenvalue weighted by molar-refractivity contribution is -0.138. The number of ether oxygens (including phenoxy) is 2. The van der Waals surface area contributed by atoms with Gasteiger partial charge in [-0.3, -0.25) is 19.2 Å². The van der Waals surface area contributed by atoms with Crippen molar-refractivity contribution < 1.29 is 64.6 Å². The fourth-order valence-corrected chi connectivity index (χ4v) is 10.6. The number of allylic oxidation sites excluding steroid dienone is 4. The summed E-state index contributed by atoms with van der Waals surface area (Å²) in [6.07, 6.45) is -3.92. The van der Waals surface area contributed by atoms with Gasteiger partial charge in [-0.15, -0.1) is 22.7 Å². The van der Waals surface area contributed by atoms with E-state index in [-0.39, 0.29) is 68.0 Å². The number of alkyl halides is 6. The largest absolute Gasteiger partial charge is 0.457 e. The average molecular weight is 961 g/mol. The lowest BCUT2D eigenvalue weighted by Gasteiger charge is -2.30. The van der Waals surface area contributed by atoms with E-state index < -0.39 is 81.5 Å². The van der Waals surface area contributed by atoms with Gasteiger partial charge in [0.1, 0.15) is 23.2 Å². The average Bonchev–Trinajstić information content (AvgIpc) is 4.07. The molecule has 68 heavy (non-hydrogen) atoms. The second-order valence-electron chi connectivity index (χ2n) is 15.8. The van der Waals surface area contributed by atoms with E-state index in [2.05, 4.69) is 0 Å². The van der Waals surface area contributed by atoms with Crippen molar-refractivity contribution in [2.75, 3.05) is 0 Å². The van der Waals surface area contributed by atoms with E-state index in [1.165, 1.54) is 12.2 Å². The highest BCUT2D eigenvalue weighted by Gasteiger charge is 2.44. The van der Waals surface area contributed by atoms with Crippen molar-refractivity contribution >= 4 is 92.2 Å². The number of fused-ring (bicyclic) bond motifs is 7. The number of hydrogen-bond acceptors (Lipinski definition) is 12. The topological polar surface area (TPSA) is 147 Å². The van der Waals surface area contributed by atoms with Crippen LogP contribution in [0.25, 0.3) is 34.4 Å². The Morgan fingerprint density at radius 3 is 1.28 bits per heavy atom. The van der Waals surface area contributed by atoms with Gasteiger partial charge >= 0.3 is 24.3 Å². The van der Waals surface area contributed by atoms with Crippen LogP contribution in [0, 0.1) is 0 Å². The molecule has 2 heterocycles. The molecule has 0 saturated carbocycles. The third kappa shape index (κ3) is 7.84. The van der Waals surface area contributed by atoms with Gasteiger partial charge in [-0.25, -0.2) is 19.6 Å². The third-order valence-corrected chi connectivity index (χ3v) is 13.8. The molecule has 0 radical (unpaired) electrons. The van der Waals surface area contributed by atoms with Crippen LogP contribution in [0.5, 0.6) is 0 Å². The number of aromatic nitrogens is 2. The van der Waals surface area contributed by atoms with Crippen molar-refractivity contribution in [2.45, 2.75) is 37.4 Å². The van der Waals surface area contributed by atoms with E-state index in [9.17, 15) is 55.1 Å². The highest BCUT2D eigenvalue weighted by Crippen LogP contribution is 2.54. The Labute approximate surface area is 387 Å². The maximum absolute atomic E-state index is 14.2. The van der Waals surface area contributed by atoms with E-state index in [0.717, 1.165) is 46.9 Å². The first-order valence-corrected chi connectivity index (χ1v) is 22.0. The molecule has 0 bridgehead atoms. The molecule has 2 unspecified atom stereocenters. The van der Waals surface area contributed by atoms with Gasteiger partial charge in [-0.05, 0) is 58.7 Å². The van der Waals surface area contributed by atoms with Crippen LogP contribution in [0.3, 0.4) is 0 Å². The van der Waals surface area contributed by atoms with Crippen LogP contribution in [0.15, 0.2) is 109 Å². The first-order valence-electron chi connectivity index (χ1n) is 20.4. The summed E-state index contributed by atoms with van der Waals surface area (Å²) in [4.78, 5) is 91.2. The molecule has 0 amide bonds. The molecule has 2 aromatic heterocycles. The first-order chi connectivity index (χ1) is 32.4. The molecule has 4 aliphatic carbocycles. The Kier molecular flexibility index (Phi) is 10.8. The van der Waals surface area contributed by atoms with Gasteiger partial charge in [-0.2, -0.15) is 26.3 Å². The number of thiazole rings is 2. The zero-order valence-corrected chi connectivity index (χ0v) is 36.0. The molecule has 18 heteroatoms. The Morgan fingerprint density at radius 2 is 0.912 bits per heavy atom. The molecule has 0 aliphatic heterocycles. The van der Waals surface area contributed by atoms with Gasteiger partial charge in [0.15, 0.2) is 0 Å². The summed E-state index contributed by atoms with van der Waals surface area (Å²) in [5.74, 6) is -7.63. The summed E-state index contributed by atoms with van der Waals surface area (Å²) in [5, 5.41) is 0.167. The molecular weight excluding hydrogens is 935 g/mol. The van der Waals surface area contributed by atoms with Gasteiger partial charge in [0.25, 0.3) is 0 Å². The van der Waals surface area contributed by atoms with Crippen LogP contribution < -0.4 is 0 Å². The predicted octanol–water partition coefficient (Wildman–Crippen LogP) is 10.4. The number of nitrogens with zero attached hydrogens (tertiary/aromatic N) is 2. The molecule has 2 atom stereocenters. The van der Waals surface area contributed by atoms with Crippen LogP contribution in [0.2, 0.25) is 0 Å². The van der Waals surface area contributed by atoms with E-state index in [1.807, 2.05) is 0 Å². The van der Waals surface area contributed by atoms with Crippen molar-refractivity contribution in [2.24, 2.45) is 0 Å². The highest BCUT2D eigenvalue weighted by molar-refractivity contribution is 7.13. The van der Waals surface area contributed by atoms with E-state index in [0.29, 0.717) is 33.0 Å². The van der Waals surface area contributed by atoms with Crippen LogP contribution in [-0.2, 0) is 54.2 Å². The quantitative estimate of drug-likeness (QED) is 0.0625.